The van der Waals surface area contributed by atoms with Gasteiger partial charge in [-0.3, -0.25) is 10.1 Å². The summed E-state index contributed by atoms with van der Waals surface area (Å²) < 4.78 is 20.9. The molecule has 0 saturated carbocycles. The molecule has 144 valence electrons. The predicted molar refractivity (Wildman–Crippen MR) is 99.4 cm³/mol. The average Bonchev–Trinajstić information content (AvgIpc) is 2.67. The van der Waals surface area contributed by atoms with E-state index in [9.17, 15) is 15.2 Å². The Kier molecular flexibility index (Phi) is 6.48. The Labute approximate surface area is 156 Å². The van der Waals surface area contributed by atoms with E-state index in [0.29, 0.717) is 28.4 Å². The minimum absolute atomic E-state index is 0.0346. The number of nitro groups is 1. The first kappa shape index (κ1) is 19.9. The lowest BCUT2D eigenvalue weighted by molar-refractivity contribution is -0.425. The van der Waals surface area contributed by atoms with Gasteiger partial charge in [-0.1, -0.05) is 6.07 Å². The van der Waals surface area contributed by atoms with E-state index in [2.05, 4.69) is 0 Å². The van der Waals surface area contributed by atoms with Gasteiger partial charge in [0.15, 0.2) is 23.0 Å². The van der Waals surface area contributed by atoms with Gasteiger partial charge in [0.25, 0.3) is 5.70 Å². The number of allylic oxidation sites excluding steroid dienone is 1. The normalized spacial score (nSPS) is 11.0. The lowest BCUT2D eigenvalue weighted by Crippen LogP contribution is -2.04. The fraction of sp³-hybridized carbons (Fsp3) is 0.263. The van der Waals surface area contributed by atoms with E-state index in [1.807, 2.05) is 0 Å². The van der Waals surface area contributed by atoms with Gasteiger partial charge in [0, 0.05) is 6.08 Å². The second-order valence-electron chi connectivity index (χ2n) is 5.53. The minimum Gasteiger partial charge on any atom is -0.504 e. The van der Waals surface area contributed by atoms with Crippen molar-refractivity contribution in [3.8, 4) is 28.7 Å². The number of nitrogens with zero attached hydrogens (tertiary/aromatic N) is 1. The van der Waals surface area contributed by atoms with Crippen molar-refractivity contribution in [2.75, 3.05) is 28.4 Å². The molecule has 0 unspecified atom stereocenters. The number of aromatic hydroxyl groups is 1. The fourth-order valence-electron chi connectivity index (χ4n) is 2.59. The van der Waals surface area contributed by atoms with Gasteiger partial charge in [-0.25, -0.2) is 0 Å². The van der Waals surface area contributed by atoms with Gasteiger partial charge in [0.05, 0.1) is 39.8 Å². The van der Waals surface area contributed by atoms with E-state index >= 15 is 0 Å². The van der Waals surface area contributed by atoms with Gasteiger partial charge in [-0.2, -0.15) is 0 Å². The molecule has 0 aliphatic carbocycles. The van der Waals surface area contributed by atoms with Crippen LogP contribution in [0.4, 0.5) is 0 Å². The van der Waals surface area contributed by atoms with Crippen molar-refractivity contribution < 1.29 is 29.0 Å². The second kappa shape index (κ2) is 8.79. The third-order valence-corrected chi connectivity index (χ3v) is 3.88. The molecule has 0 aliphatic rings. The first-order valence-corrected chi connectivity index (χ1v) is 7.94. The molecule has 0 fully saturated rings. The van der Waals surface area contributed by atoms with E-state index in [1.54, 1.807) is 18.2 Å². The molecule has 2 aromatic rings. The molecule has 0 atom stereocenters. The highest BCUT2D eigenvalue weighted by atomic mass is 16.6. The molecule has 8 nitrogen and oxygen atoms in total. The Bertz CT molecular complexity index is 836. The van der Waals surface area contributed by atoms with Crippen LogP contribution in [0.1, 0.15) is 11.1 Å². The molecule has 0 spiro atoms. The highest BCUT2D eigenvalue weighted by Crippen LogP contribution is 2.39. The van der Waals surface area contributed by atoms with Crippen LogP contribution in [0.3, 0.4) is 0 Å². The molecule has 8 heteroatoms. The first-order chi connectivity index (χ1) is 12.9. The van der Waals surface area contributed by atoms with E-state index in [-0.39, 0.29) is 23.6 Å². The largest absolute Gasteiger partial charge is 0.504 e. The Morgan fingerprint density at radius 1 is 1.00 bits per heavy atom. The Morgan fingerprint density at radius 3 is 2.07 bits per heavy atom. The maximum Gasteiger partial charge on any atom is 0.251 e. The molecule has 2 rings (SSSR count). The predicted octanol–water partition coefficient (Wildman–Crippen LogP) is 3.29. The summed E-state index contributed by atoms with van der Waals surface area (Å²) in [6.07, 6.45) is 1.46. The van der Waals surface area contributed by atoms with E-state index < -0.39 is 4.92 Å². The smallest absolute Gasteiger partial charge is 0.251 e. The molecular weight excluding hydrogens is 354 g/mol. The Hall–Kier alpha value is -3.42. The summed E-state index contributed by atoms with van der Waals surface area (Å²) in [6.45, 7) is 0. The van der Waals surface area contributed by atoms with Crippen LogP contribution in [-0.4, -0.2) is 38.5 Å². The van der Waals surface area contributed by atoms with Crippen LogP contribution in [-0.2, 0) is 6.42 Å². The minimum atomic E-state index is -0.456. The monoisotopic (exact) mass is 375 g/mol. The number of rotatable bonds is 8. The second-order valence-corrected chi connectivity index (χ2v) is 5.53. The molecule has 1 N–H and O–H groups in total. The maximum absolute atomic E-state index is 11.5. The molecule has 0 radical (unpaired) electrons. The number of hydrogen-bond acceptors (Lipinski definition) is 7. The Morgan fingerprint density at radius 2 is 1.59 bits per heavy atom. The molecule has 0 aromatic heterocycles. The van der Waals surface area contributed by atoms with Crippen LogP contribution in [0.25, 0.3) is 6.08 Å². The van der Waals surface area contributed by atoms with Gasteiger partial charge < -0.3 is 24.1 Å². The van der Waals surface area contributed by atoms with Crippen LogP contribution in [0.5, 0.6) is 28.7 Å². The molecule has 0 heterocycles. The zero-order valence-electron chi connectivity index (χ0n) is 15.5. The van der Waals surface area contributed by atoms with Crippen molar-refractivity contribution in [2.24, 2.45) is 0 Å². The quantitative estimate of drug-likeness (QED) is 0.558. The summed E-state index contributed by atoms with van der Waals surface area (Å²) in [7, 11) is 5.86. The van der Waals surface area contributed by atoms with E-state index in [1.165, 1.54) is 46.6 Å². The van der Waals surface area contributed by atoms with Crippen LogP contribution >= 0.6 is 0 Å². The maximum atomic E-state index is 11.5. The molecule has 0 aliphatic heterocycles. The number of hydrogen-bond donors (Lipinski definition) is 1. The topological polar surface area (TPSA) is 100 Å². The van der Waals surface area contributed by atoms with Gasteiger partial charge in [-0.15, -0.1) is 0 Å². The molecule has 0 saturated heterocycles. The SMILES string of the molecule is COc1cc(/C=C(/Cc2cc(OC)c(OC)c(OC)c2)[N+](=O)[O-])ccc1O. The number of methoxy groups -OCH3 is 4. The van der Waals surface area contributed by atoms with Crippen LogP contribution in [0, 0.1) is 10.1 Å². The highest BCUT2D eigenvalue weighted by Gasteiger charge is 2.18. The van der Waals surface area contributed by atoms with Crippen molar-refractivity contribution in [2.45, 2.75) is 6.42 Å². The lowest BCUT2D eigenvalue weighted by atomic mass is 10.1. The van der Waals surface area contributed by atoms with Crippen LogP contribution in [0.15, 0.2) is 36.0 Å². The van der Waals surface area contributed by atoms with Crippen molar-refractivity contribution in [3.63, 3.8) is 0 Å². The van der Waals surface area contributed by atoms with Crippen molar-refractivity contribution in [1.82, 2.24) is 0 Å². The standard InChI is InChI=1S/C19H21NO7/c1-24-16-9-12(5-6-15(16)21)7-14(20(22)23)8-13-10-17(25-2)19(27-4)18(11-13)26-3/h5-7,9-11,21H,8H2,1-4H3/b14-7-. The molecular formula is C19H21NO7. The van der Waals surface area contributed by atoms with Crippen molar-refractivity contribution >= 4 is 6.08 Å². The Balaban J connectivity index is 2.43. The number of phenolic OH excluding ortho intramolecular Hbond substituents is 1. The summed E-state index contributed by atoms with van der Waals surface area (Å²) in [5.41, 5.74) is 1.11. The molecule has 0 amide bonds. The van der Waals surface area contributed by atoms with E-state index in [0.717, 1.165) is 0 Å². The van der Waals surface area contributed by atoms with Gasteiger partial charge in [-0.05, 0) is 35.4 Å². The van der Waals surface area contributed by atoms with Gasteiger partial charge >= 0.3 is 0 Å². The third-order valence-electron chi connectivity index (χ3n) is 3.88. The zero-order chi connectivity index (χ0) is 20.0. The molecule has 0 bridgehead atoms. The van der Waals surface area contributed by atoms with Gasteiger partial charge in [0.2, 0.25) is 5.75 Å². The summed E-state index contributed by atoms with van der Waals surface area (Å²) in [4.78, 5) is 11.1. The third kappa shape index (κ3) is 4.60. The van der Waals surface area contributed by atoms with Crippen molar-refractivity contribution in [1.29, 1.82) is 0 Å². The van der Waals surface area contributed by atoms with E-state index in [4.69, 9.17) is 18.9 Å². The van der Waals surface area contributed by atoms with Crippen LogP contribution < -0.4 is 18.9 Å². The summed E-state index contributed by atoms with van der Waals surface area (Å²) in [5, 5.41) is 21.2. The lowest BCUT2D eigenvalue weighted by Gasteiger charge is -2.13. The highest BCUT2D eigenvalue weighted by molar-refractivity contribution is 5.58. The van der Waals surface area contributed by atoms with Crippen LogP contribution in [0.2, 0.25) is 0 Å². The summed E-state index contributed by atoms with van der Waals surface area (Å²) >= 11 is 0. The number of benzene rings is 2. The number of phenols is 1. The summed E-state index contributed by atoms with van der Waals surface area (Å²) in [5.74, 6) is 1.45. The molecule has 2 aromatic carbocycles. The first-order valence-electron chi connectivity index (χ1n) is 7.94. The summed E-state index contributed by atoms with van der Waals surface area (Å²) in [6, 6.07) is 7.83. The fourth-order valence-corrected chi connectivity index (χ4v) is 2.59. The molecule has 27 heavy (non-hydrogen) atoms. The average molecular weight is 375 g/mol. The zero-order valence-corrected chi connectivity index (χ0v) is 15.5. The van der Waals surface area contributed by atoms with Gasteiger partial charge in [0.1, 0.15) is 0 Å². The number of ether oxygens (including phenoxy) is 4. The van der Waals surface area contributed by atoms with Crippen molar-refractivity contribution in [3.05, 3.63) is 57.3 Å².